The van der Waals surface area contributed by atoms with Crippen LogP contribution in [0.25, 0.3) is 11.1 Å². The number of aryl methyl sites for hydroxylation is 2. The van der Waals surface area contributed by atoms with Gasteiger partial charge in [-0.1, -0.05) is 44.2 Å². The fourth-order valence-electron chi connectivity index (χ4n) is 2.43. The molecule has 1 heteroatoms. The fourth-order valence-corrected chi connectivity index (χ4v) is 2.43. The first kappa shape index (κ1) is 14.8. The van der Waals surface area contributed by atoms with Crippen molar-refractivity contribution in [2.24, 2.45) is 0 Å². The molecule has 0 heterocycles. The maximum absolute atomic E-state index is 3.49. The normalized spacial score (nSPS) is 11.1. The Morgan fingerprint density at radius 3 is 2.35 bits per heavy atom. The largest absolute Gasteiger partial charge is 0.310 e. The molecule has 1 nitrogen and oxygen atoms in total. The Morgan fingerprint density at radius 2 is 1.65 bits per heavy atom. The van der Waals surface area contributed by atoms with E-state index in [4.69, 9.17) is 0 Å². The third-order valence-corrected chi connectivity index (χ3v) is 3.91. The molecular formula is C19H25N. The summed E-state index contributed by atoms with van der Waals surface area (Å²) in [4.78, 5) is 0. The molecule has 106 valence electrons. The molecule has 0 aliphatic heterocycles. The predicted molar refractivity (Wildman–Crippen MR) is 88.1 cm³/mol. The van der Waals surface area contributed by atoms with Gasteiger partial charge in [-0.25, -0.2) is 0 Å². The van der Waals surface area contributed by atoms with Gasteiger partial charge in [0.15, 0.2) is 0 Å². The van der Waals surface area contributed by atoms with Gasteiger partial charge in [-0.2, -0.15) is 0 Å². The zero-order valence-electron chi connectivity index (χ0n) is 13.2. The molecule has 0 atom stereocenters. The number of rotatable bonds is 4. The lowest BCUT2D eigenvalue weighted by Gasteiger charge is -2.14. The van der Waals surface area contributed by atoms with E-state index in [0.29, 0.717) is 6.04 Å². The second-order valence-electron chi connectivity index (χ2n) is 5.93. The molecule has 0 saturated heterocycles. The Hall–Kier alpha value is -1.60. The molecular weight excluding hydrogens is 242 g/mol. The van der Waals surface area contributed by atoms with Gasteiger partial charge in [0.2, 0.25) is 0 Å². The van der Waals surface area contributed by atoms with Gasteiger partial charge in [-0.15, -0.1) is 0 Å². The summed E-state index contributed by atoms with van der Waals surface area (Å²) in [5.74, 6) is 0. The van der Waals surface area contributed by atoms with Gasteiger partial charge in [-0.3, -0.25) is 0 Å². The van der Waals surface area contributed by atoms with Crippen LogP contribution in [0.4, 0.5) is 0 Å². The minimum absolute atomic E-state index is 0.514. The summed E-state index contributed by atoms with van der Waals surface area (Å²) in [5.41, 5.74) is 8.13. The molecule has 0 unspecified atom stereocenters. The first-order valence-electron chi connectivity index (χ1n) is 7.38. The maximum atomic E-state index is 3.49. The lowest BCUT2D eigenvalue weighted by Crippen LogP contribution is -2.21. The van der Waals surface area contributed by atoms with E-state index in [1.807, 2.05) is 0 Å². The number of benzene rings is 2. The molecule has 0 spiro atoms. The molecule has 0 aromatic heterocycles. The van der Waals surface area contributed by atoms with Crippen LogP contribution in [-0.4, -0.2) is 6.04 Å². The molecule has 0 fully saturated rings. The van der Waals surface area contributed by atoms with Crippen LogP contribution in [-0.2, 0) is 6.54 Å². The van der Waals surface area contributed by atoms with Gasteiger partial charge in [0.1, 0.15) is 0 Å². The molecule has 2 aromatic carbocycles. The van der Waals surface area contributed by atoms with Crippen LogP contribution in [0, 0.1) is 20.8 Å². The van der Waals surface area contributed by atoms with E-state index in [2.05, 4.69) is 76.3 Å². The van der Waals surface area contributed by atoms with Crippen molar-refractivity contribution in [2.45, 2.75) is 47.2 Å². The van der Waals surface area contributed by atoms with E-state index in [0.717, 1.165) is 6.54 Å². The van der Waals surface area contributed by atoms with E-state index in [9.17, 15) is 0 Å². The molecule has 0 aliphatic rings. The quantitative estimate of drug-likeness (QED) is 0.841. The number of hydrogen-bond acceptors (Lipinski definition) is 1. The van der Waals surface area contributed by atoms with Crippen molar-refractivity contribution < 1.29 is 0 Å². The first-order valence-corrected chi connectivity index (χ1v) is 7.38. The van der Waals surface area contributed by atoms with E-state index >= 15 is 0 Å². The Morgan fingerprint density at radius 1 is 0.900 bits per heavy atom. The van der Waals surface area contributed by atoms with Gasteiger partial charge in [-0.05, 0) is 60.2 Å². The summed E-state index contributed by atoms with van der Waals surface area (Å²) in [5, 5.41) is 3.49. The predicted octanol–water partition coefficient (Wildman–Crippen LogP) is 4.78. The van der Waals surface area contributed by atoms with Crippen molar-refractivity contribution in [1.82, 2.24) is 5.32 Å². The zero-order chi connectivity index (χ0) is 14.7. The van der Waals surface area contributed by atoms with Crippen molar-refractivity contribution >= 4 is 0 Å². The van der Waals surface area contributed by atoms with Crippen LogP contribution in [0.15, 0.2) is 36.4 Å². The van der Waals surface area contributed by atoms with Crippen molar-refractivity contribution in [3.63, 3.8) is 0 Å². The average Bonchev–Trinajstić information content (AvgIpc) is 2.41. The molecule has 20 heavy (non-hydrogen) atoms. The monoisotopic (exact) mass is 267 g/mol. The Balaban J connectivity index is 2.40. The third kappa shape index (κ3) is 3.29. The van der Waals surface area contributed by atoms with E-state index < -0.39 is 0 Å². The second kappa shape index (κ2) is 6.23. The van der Waals surface area contributed by atoms with Crippen LogP contribution >= 0.6 is 0 Å². The van der Waals surface area contributed by atoms with Gasteiger partial charge in [0.25, 0.3) is 0 Å². The summed E-state index contributed by atoms with van der Waals surface area (Å²) in [7, 11) is 0. The maximum Gasteiger partial charge on any atom is 0.0208 e. The number of nitrogens with one attached hydrogen (secondary N) is 1. The van der Waals surface area contributed by atoms with Crippen molar-refractivity contribution in [2.75, 3.05) is 0 Å². The summed E-state index contributed by atoms with van der Waals surface area (Å²) < 4.78 is 0. The van der Waals surface area contributed by atoms with E-state index in [-0.39, 0.29) is 0 Å². The highest BCUT2D eigenvalue weighted by Gasteiger charge is 2.08. The van der Waals surface area contributed by atoms with Crippen LogP contribution in [0.3, 0.4) is 0 Å². The zero-order valence-corrected chi connectivity index (χ0v) is 13.2. The van der Waals surface area contributed by atoms with Gasteiger partial charge in [0, 0.05) is 12.6 Å². The van der Waals surface area contributed by atoms with Crippen LogP contribution in [0.5, 0.6) is 0 Å². The standard InChI is InChI=1S/C19H25N/c1-13(2)20-12-17-10-9-15(4)19(11-17)18-8-6-7-14(3)16(18)5/h6-11,13,20H,12H2,1-5H3. The number of hydrogen-bond donors (Lipinski definition) is 1. The molecule has 0 amide bonds. The van der Waals surface area contributed by atoms with Gasteiger partial charge < -0.3 is 5.32 Å². The molecule has 2 aromatic rings. The summed E-state index contributed by atoms with van der Waals surface area (Å²) in [6.07, 6.45) is 0. The van der Waals surface area contributed by atoms with Crippen molar-refractivity contribution in [1.29, 1.82) is 0 Å². The average molecular weight is 267 g/mol. The summed E-state index contributed by atoms with van der Waals surface area (Å²) in [6.45, 7) is 11.9. The highest BCUT2D eigenvalue weighted by molar-refractivity contribution is 5.72. The fraction of sp³-hybridized carbons (Fsp3) is 0.368. The van der Waals surface area contributed by atoms with Gasteiger partial charge >= 0.3 is 0 Å². The lowest BCUT2D eigenvalue weighted by atomic mass is 9.93. The molecule has 2 rings (SSSR count). The third-order valence-electron chi connectivity index (χ3n) is 3.91. The summed E-state index contributed by atoms with van der Waals surface area (Å²) in [6, 6.07) is 13.8. The Bertz CT molecular complexity index is 597. The van der Waals surface area contributed by atoms with Gasteiger partial charge in [0.05, 0.1) is 0 Å². The Labute approximate surface area is 123 Å². The molecule has 1 N–H and O–H groups in total. The first-order chi connectivity index (χ1) is 9.49. The smallest absolute Gasteiger partial charge is 0.0208 e. The second-order valence-corrected chi connectivity index (χ2v) is 5.93. The van der Waals surface area contributed by atoms with Crippen molar-refractivity contribution in [3.8, 4) is 11.1 Å². The molecule has 0 radical (unpaired) electrons. The highest BCUT2D eigenvalue weighted by Crippen LogP contribution is 2.29. The minimum atomic E-state index is 0.514. The minimum Gasteiger partial charge on any atom is -0.310 e. The topological polar surface area (TPSA) is 12.0 Å². The molecule has 0 saturated carbocycles. The van der Waals surface area contributed by atoms with Crippen molar-refractivity contribution in [3.05, 3.63) is 58.7 Å². The molecule has 0 bridgehead atoms. The summed E-state index contributed by atoms with van der Waals surface area (Å²) >= 11 is 0. The lowest BCUT2D eigenvalue weighted by molar-refractivity contribution is 0.589. The van der Waals surface area contributed by atoms with Crippen LogP contribution in [0.1, 0.15) is 36.1 Å². The SMILES string of the molecule is Cc1ccc(CNC(C)C)cc1-c1cccc(C)c1C. The van der Waals surface area contributed by atoms with E-state index in [1.165, 1.54) is 33.4 Å². The van der Waals surface area contributed by atoms with E-state index in [1.54, 1.807) is 0 Å². The van der Waals surface area contributed by atoms with Crippen LogP contribution < -0.4 is 5.32 Å². The van der Waals surface area contributed by atoms with Crippen LogP contribution in [0.2, 0.25) is 0 Å². The Kier molecular flexibility index (Phi) is 4.61. The highest BCUT2D eigenvalue weighted by atomic mass is 14.9. The molecule has 0 aliphatic carbocycles.